The molecule has 2 unspecified atom stereocenters. The summed E-state index contributed by atoms with van der Waals surface area (Å²) >= 11 is 0. The van der Waals surface area contributed by atoms with E-state index in [4.69, 9.17) is 0 Å². The average Bonchev–Trinajstić information content (AvgIpc) is 3.06. The molecule has 0 radical (unpaired) electrons. The van der Waals surface area contributed by atoms with Crippen LogP contribution < -0.4 is 0 Å². The molecule has 0 aromatic carbocycles. The third-order valence-electron chi connectivity index (χ3n) is 11.0. The van der Waals surface area contributed by atoms with Crippen LogP contribution in [0, 0.1) is 46.3 Å². The van der Waals surface area contributed by atoms with Crippen molar-refractivity contribution in [3.05, 3.63) is 0 Å². The first-order valence-electron chi connectivity index (χ1n) is 12.9. The zero-order valence-electron chi connectivity index (χ0n) is 20.0. The Bertz CT molecular complexity index is 639. The van der Waals surface area contributed by atoms with E-state index < -0.39 is 12.2 Å². The molecule has 5 N–H and O–H groups in total. The zero-order valence-corrected chi connectivity index (χ0v) is 20.0. The van der Waals surface area contributed by atoms with Crippen molar-refractivity contribution >= 4 is 0 Å². The van der Waals surface area contributed by atoms with E-state index in [1.165, 1.54) is 0 Å². The lowest BCUT2D eigenvalue weighted by Crippen LogP contribution is -2.62. The quantitative estimate of drug-likeness (QED) is 0.454. The highest BCUT2D eigenvalue weighted by atomic mass is 16.3. The maximum Gasteiger partial charge on any atom is 0.0796 e. The Labute approximate surface area is 188 Å². The van der Waals surface area contributed by atoms with E-state index >= 15 is 0 Å². The Morgan fingerprint density at radius 3 is 2.26 bits per heavy atom. The van der Waals surface area contributed by atoms with Gasteiger partial charge < -0.3 is 25.5 Å². The fourth-order valence-electron chi connectivity index (χ4n) is 9.01. The molecule has 0 heterocycles. The van der Waals surface area contributed by atoms with Crippen molar-refractivity contribution in [2.45, 2.75) is 116 Å². The second-order valence-corrected chi connectivity index (χ2v) is 12.4. The van der Waals surface area contributed by atoms with Gasteiger partial charge in [0.2, 0.25) is 0 Å². The van der Waals surface area contributed by atoms with Crippen molar-refractivity contribution in [2.75, 3.05) is 0 Å². The van der Waals surface area contributed by atoms with Gasteiger partial charge in [0, 0.05) is 0 Å². The Hall–Kier alpha value is -0.200. The van der Waals surface area contributed by atoms with Crippen LogP contribution in [-0.2, 0) is 0 Å². The molecule has 5 nitrogen and oxygen atoms in total. The summed E-state index contributed by atoms with van der Waals surface area (Å²) in [5.41, 5.74) is -0.0920. The van der Waals surface area contributed by atoms with Gasteiger partial charge in [0.25, 0.3) is 0 Å². The van der Waals surface area contributed by atoms with Crippen LogP contribution in [0.25, 0.3) is 0 Å². The number of hydrogen-bond donors (Lipinski definition) is 5. The van der Waals surface area contributed by atoms with Crippen LogP contribution in [0.3, 0.4) is 0 Å². The van der Waals surface area contributed by atoms with Gasteiger partial charge >= 0.3 is 0 Å². The Kier molecular flexibility index (Phi) is 6.60. The third-order valence-corrected chi connectivity index (χ3v) is 11.0. The smallest absolute Gasteiger partial charge is 0.0796 e. The lowest BCUT2D eigenvalue weighted by atomic mass is 9.43. The normalized spacial score (nSPS) is 52.5. The molecule has 0 amide bonds. The zero-order chi connectivity index (χ0) is 22.7. The first kappa shape index (κ1) is 23.9. The highest BCUT2D eigenvalue weighted by Gasteiger charge is 2.65. The first-order valence-corrected chi connectivity index (χ1v) is 12.9. The standard InChI is InChI=1S/C26H46O5/c1-14(5-8-21(29)15(2)27)18-6-7-19-24-20(13-23(31)26(18,19)4)25(3)10-9-17(28)11-16(25)12-22(24)30/h14-24,27-31H,5-13H2,1-4H3/t14-,15?,16+,17-,18-,19+,20+,21?,22-,23+,24+,25+,26-/m1/s1. The van der Waals surface area contributed by atoms with Gasteiger partial charge in [-0.1, -0.05) is 20.8 Å². The van der Waals surface area contributed by atoms with E-state index in [-0.39, 0.29) is 35.1 Å². The summed E-state index contributed by atoms with van der Waals surface area (Å²) in [5.74, 6) is 1.99. The van der Waals surface area contributed by atoms with Gasteiger partial charge in [-0.15, -0.1) is 0 Å². The molecule has 0 saturated heterocycles. The van der Waals surface area contributed by atoms with Crippen molar-refractivity contribution < 1.29 is 25.5 Å². The van der Waals surface area contributed by atoms with Gasteiger partial charge in [0.1, 0.15) is 0 Å². The molecule has 0 bridgehead atoms. The van der Waals surface area contributed by atoms with Crippen LogP contribution in [0.5, 0.6) is 0 Å². The maximum absolute atomic E-state index is 11.6. The minimum absolute atomic E-state index is 0.108. The average molecular weight is 439 g/mol. The number of fused-ring (bicyclic) bond motifs is 5. The van der Waals surface area contributed by atoms with E-state index in [9.17, 15) is 25.5 Å². The molecule has 4 rings (SSSR count). The van der Waals surface area contributed by atoms with Crippen LogP contribution in [0.4, 0.5) is 0 Å². The Morgan fingerprint density at radius 2 is 1.58 bits per heavy atom. The summed E-state index contributed by atoms with van der Waals surface area (Å²) in [4.78, 5) is 0. The number of rotatable bonds is 5. The molecule has 0 spiro atoms. The minimum atomic E-state index is -0.708. The van der Waals surface area contributed by atoms with Crippen molar-refractivity contribution in [1.82, 2.24) is 0 Å². The van der Waals surface area contributed by atoms with E-state index in [0.29, 0.717) is 36.0 Å². The second kappa shape index (κ2) is 8.54. The lowest BCUT2D eigenvalue weighted by Gasteiger charge is -2.63. The highest BCUT2D eigenvalue weighted by Crippen LogP contribution is 2.68. The monoisotopic (exact) mass is 438 g/mol. The molecule has 13 atom stereocenters. The fourth-order valence-corrected chi connectivity index (χ4v) is 9.01. The lowest BCUT2D eigenvalue weighted by molar-refractivity contribution is -0.207. The topological polar surface area (TPSA) is 101 Å². The van der Waals surface area contributed by atoms with Gasteiger partial charge in [0.15, 0.2) is 0 Å². The van der Waals surface area contributed by atoms with Gasteiger partial charge in [-0.05, 0) is 111 Å². The van der Waals surface area contributed by atoms with Crippen molar-refractivity contribution in [2.24, 2.45) is 46.3 Å². The number of hydrogen-bond acceptors (Lipinski definition) is 5. The van der Waals surface area contributed by atoms with Crippen LogP contribution in [0.15, 0.2) is 0 Å². The van der Waals surface area contributed by atoms with Gasteiger partial charge in [-0.2, -0.15) is 0 Å². The fraction of sp³-hybridized carbons (Fsp3) is 1.00. The van der Waals surface area contributed by atoms with Crippen molar-refractivity contribution in [3.8, 4) is 0 Å². The number of aliphatic hydroxyl groups is 5. The summed E-state index contributed by atoms with van der Waals surface area (Å²) in [6.45, 7) is 8.51. The van der Waals surface area contributed by atoms with E-state index in [1.807, 2.05) is 0 Å². The minimum Gasteiger partial charge on any atom is -0.393 e. The molecule has 0 aromatic heterocycles. The molecule has 0 aliphatic heterocycles. The van der Waals surface area contributed by atoms with E-state index in [1.54, 1.807) is 6.92 Å². The molecule has 5 heteroatoms. The summed E-state index contributed by atoms with van der Waals surface area (Å²) in [6.07, 6.45) is 5.40. The second-order valence-electron chi connectivity index (χ2n) is 12.4. The predicted molar refractivity (Wildman–Crippen MR) is 120 cm³/mol. The highest BCUT2D eigenvalue weighted by molar-refractivity contribution is 5.14. The van der Waals surface area contributed by atoms with Crippen molar-refractivity contribution in [3.63, 3.8) is 0 Å². The van der Waals surface area contributed by atoms with Crippen LogP contribution in [0.2, 0.25) is 0 Å². The summed E-state index contributed by atoms with van der Waals surface area (Å²) in [7, 11) is 0. The summed E-state index contributed by atoms with van der Waals surface area (Å²) in [6, 6.07) is 0. The maximum atomic E-state index is 11.6. The molecule has 31 heavy (non-hydrogen) atoms. The van der Waals surface area contributed by atoms with E-state index in [2.05, 4.69) is 20.8 Å². The summed E-state index contributed by atoms with van der Waals surface area (Å²) in [5, 5.41) is 52.9. The SMILES string of the molecule is CC(O)C(O)CC[C@@H](C)[C@H]1CC[C@H]2[C@@H]3[C@H](O)C[C@@H]4C[C@H](O)CC[C@]4(C)[C@H]3C[C@H](O)[C@]12C. The molecule has 0 aromatic rings. The van der Waals surface area contributed by atoms with Gasteiger partial charge in [-0.3, -0.25) is 0 Å². The molecule has 4 aliphatic rings. The summed E-state index contributed by atoms with van der Waals surface area (Å²) < 4.78 is 0. The molecular formula is C26H46O5. The largest absolute Gasteiger partial charge is 0.393 e. The van der Waals surface area contributed by atoms with E-state index in [0.717, 1.165) is 51.4 Å². The predicted octanol–water partition coefficient (Wildman–Crippen LogP) is 3.11. The Morgan fingerprint density at radius 1 is 0.871 bits per heavy atom. The first-order chi connectivity index (χ1) is 14.5. The van der Waals surface area contributed by atoms with Crippen LogP contribution in [-0.4, -0.2) is 56.1 Å². The Balaban J connectivity index is 1.55. The van der Waals surface area contributed by atoms with Crippen molar-refractivity contribution in [1.29, 1.82) is 0 Å². The third kappa shape index (κ3) is 3.80. The van der Waals surface area contributed by atoms with Gasteiger partial charge in [-0.25, -0.2) is 0 Å². The van der Waals surface area contributed by atoms with Gasteiger partial charge in [0.05, 0.1) is 30.5 Å². The molecular weight excluding hydrogens is 392 g/mol. The molecule has 4 saturated carbocycles. The molecule has 180 valence electrons. The molecule has 4 aliphatic carbocycles. The van der Waals surface area contributed by atoms with Crippen LogP contribution >= 0.6 is 0 Å². The number of aliphatic hydroxyl groups excluding tert-OH is 5. The van der Waals surface area contributed by atoms with Crippen LogP contribution in [0.1, 0.15) is 85.5 Å². The molecule has 4 fully saturated rings.